The Kier molecular flexibility index (Phi) is 51.2. The molecule has 0 aromatic rings. The molecule has 0 aromatic heterocycles. The quantitative estimate of drug-likeness (QED) is 0.463. The zero-order valence-corrected chi connectivity index (χ0v) is 6.73. The highest BCUT2D eigenvalue weighted by Gasteiger charge is 2.00. The largest absolute Gasteiger partial charge is 0.304 e. The van der Waals surface area contributed by atoms with Crippen molar-refractivity contribution in [3.8, 4) is 0 Å². The molecule has 0 atom stereocenters. The van der Waals surface area contributed by atoms with Crippen LogP contribution in [0.5, 0.6) is 0 Å². The maximum atomic E-state index is 11.0. The van der Waals surface area contributed by atoms with Crippen molar-refractivity contribution < 1.29 is 31.7 Å². The molecule has 13 heavy (non-hydrogen) atoms. The highest BCUT2D eigenvalue weighted by Crippen LogP contribution is 2.07. The lowest BCUT2D eigenvalue weighted by Gasteiger charge is -1.79. The van der Waals surface area contributed by atoms with Crippen LogP contribution >= 0.6 is 0 Å². The zero-order chi connectivity index (χ0) is 8.57. The van der Waals surface area contributed by atoms with Gasteiger partial charge < -0.3 is 0 Å². The molecule has 0 fully saturated rings. The number of alkyl halides is 1. The van der Waals surface area contributed by atoms with E-state index in [0.29, 0.717) is 0 Å². The zero-order valence-electron chi connectivity index (χ0n) is 6.73. The minimum Gasteiger partial charge on any atom is -0.269 e. The number of allylic oxidation sites excluding steroid dienone is 2. The highest BCUT2D eigenvalue weighted by molar-refractivity contribution is 4.90. The molecule has 7 heteroatoms. The molecule has 0 aliphatic carbocycles. The van der Waals surface area contributed by atoms with Gasteiger partial charge in [-0.2, -0.15) is 8.78 Å². The summed E-state index contributed by atoms with van der Waals surface area (Å²) in [6, 6.07) is 0. The van der Waals surface area contributed by atoms with Gasteiger partial charge in [-0.15, -0.1) is 6.58 Å². The van der Waals surface area contributed by atoms with Gasteiger partial charge in [-0.25, -0.2) is 8.78 Å². The summed E-state index contributed by atoms with van der Waals surface area (Å²) in [5, 5.41) is 0. The maximum Gasteiger partial charge on any atom is 0.304 e. The lowest BCUT2D eigenvalue weighted by atomic mass is 10.6. The first-order valence-corrected chi connectivity index (χ1v) is 2.42. The molecular weight excluding hydrogens is 205 g/mol. The summed E-state index contributed by atoms with van der Waals surface area (Å²) in [5.41, 5.74) is 0. The third-order valence-corrected chi connectivity index (χ3v) is 0.322. The lowest BCUT2D eigenvalue weighted by Crippen LogP contribution is -1.74. The number of rotatable bonds is 1. The van der Waals surface area contributed by atoms with Crippen LogP contribution in [-0.2, 0) is 0 Å². The van der Waals surface area contributed by atoms with Crippen molar-refractivity contribution in [1.82, 2.24) is 0 Å². The number of hydrogen-bond donors (Lipinski definition) is 0. The predicted molar refractivity (Wildman–Crippen MR) is 39.7 cm³/mol. The van der Waals surface area contributed by atoms with Gasteiger partial charge in [0.25, 0.3) is 0 Å². The summed E-state index contributed by atoms with van der Waals surface area (Å²) in [6.45, 7) is 3.53. The van der Waals surface area contributed by atoms with Crippen LogP contribution in [0.3, 0.4) is 0 Å². The average Bonchev–Trinajstić information content (AvgIpc) is 1.88. The molecule has 0 radical (unpaired) electrons. The molecule has 0 aliphatic heterocycles. The Bertz CT molecular complexity index is 116. The van der Waals surface area contributed by atoms with E-state index in [-0.39, 0.29) is 14.1 Å². The number of hydrogen-bond acceptors (Lipinski definition) is 0. The minimum atomic E-state index is -2.58. The first-order valence-electron chi connectivity index (χ1n) is 2.42. The summed E-state index contributed by atoms with van der Waals surface area (Å²) in [6.07, 6.45) is -0.831. The van der Waals surface area contributed by atoms with E-state index in [4.69, 9.17) is 0 Å². The van der Waals surface area contributed by atoms with Crippen molar-refractivity contribution in [2.75, 3.05) is 6.67 Å². The standard InChI is InChI=1S/C3H2F4.C3H6.3FH/c4-1-2(5)3(6)7;1-3-2;;;/h1H2;3H,1H2,2H3;3*1H. The Morgan fingerprint density at radius 2 is 1.38 bits per heavy atom. The molecule has 0 N–H and O–H groups in total. The SMILES string of the molecule is C=CC.F.F.F.FCC(F)=C(F)F. The van der Waals surface area contributed by atoms with Crippen LogP contribution < -0.4 is 0 Å². The Labute approximate surface area is 71.0 Å². The first kappa shape index (κ1) is 29.6. The van der Waals surface area contributed by atoms with Gasteiger partial charge in [0, 0.05) is 0 Å². The van der Waals surface area contributed by atoms with Crippen molar-refractivity contribution in [2.24, 2.45) is 0 Å². The third kappa shape index (κ3) is 35.7. The number of halogens is 7. The van der Waals surface area contributed by atoms with Crippen LogP contribution in [0.15, 0.2) is 24.6 Å². The van der Waals surface area contributed by atoms with Gasteiger partial charge in [-0.1, -0.05) is 6.08 Å². The van der Waals surface area contributed by atoms with E-state index >= 15 is 0 Å². The molecule has 0 unspecified atom stereocenters. The molecule has 0 aromatic carbocycles. The van der Waals surface area contributed by atoms with Crippen molar-refractivity contribution in [3.63, 3.8) is 0 Å². The molecular formula is C6H11F7. The fourth-order valence-electron chi connectivity index (χ4n) is 0.0505. The van der Waals surface area contributed by atoms with Gasteiger partial charge in [0.05, 0.1) is 0 Å². The average molecular weight is 216 g/mol. The summed E-state index contributed by atoms with van der Waals surface area (Å²) in [7, 11) is 0. The molecule has 0 aliphatic rings. The fraction of sp³-hybridized carbons (Fsp3) is 0.333. The van der Waals surface area contributed by atoms with E-state index in [1.54, 1.807) is 6.08 Å². The molecule has 0 bridgehead atoms. The lowest BCUT2D eigenvalue weighted by molar-refractivity contribution is 0.348. The van der Waals surface area contributed by atoms with Gasteiger partial charge in [0.1, 0.15) is 6.67 Å². The van der Waals surface area contributed by atoms with E-state index in [0.717, 1.165) is 0 Å². The molecule has 0 spiro atoms. The Morgan fingerprint density at radius 1 is 1.15 bits per heavy atom. The molecule has 0 amide bonds. The van der Waals surface area contributed by atoms with Crippen LogP contribution in [0.4, 0.5) is 31.7 Å². The van der Waals surface area contributed by atoms with E-state index < -0.39 is 18.6 Å². The second kappa shape index (κ2) is 22.4. The monoisotopic (exact) mass is 216 g/mol. The van der Waals surface area contributed by atoms with Crippen LogP contribution in [0, 0.1) is 0 Å². The maximum absolute atomic E-state index is 11.0. The molecule has 0 rings (SSSR count). The van der Waals surface area contributed by atoms with E-state index in [1.807, 2.05) is 6.92 Å². The van der Waals surface area contributed by atoms with Crippen LogP contribution in [0.2, 0.25) is 0 Å². The van der Waals surface area contributed by atoms with Crippen molar-refractivity contribution >= 4 is 0 Å². The molecule has 0 nitrogen and oxygen atoms in total. The van der Waals surface area contributed by atoms with Gasteiger partial charge in [0.2, 0.25) is 0 Å². The predicted octanol–water partition coefficient (Wildman–Crippen LogP) is 3.68. The fourth-order valence-corrected chi connectivity index (χ4v) is 0.0505. The van der Waals surface area contributed by atoms with Crippen molar-refractivity contribution in [1.29, 1.82) is 0 Å². The van der Waals surface area contributed by atoms with Crippen LogP contribution in [0.1, 0.15) is 6.92 Å². The second-order valence-electron chi connectivity index (χ2n) is 1.21. The highest BCUT2D eigenvalue weighted by atomic mass is 19.3. The van der Waals surface area contributed by atoms with E-state index in [2.05, 4.69) is 6.58 Å². The smallest absolute Gasteiger partial charge is 0.269 e. The van der Waals surface area contributed by atoms with Crippen molar-refractivity contribution in [2.45, 2.75) is 6.92 Å². The minimum absolute atomic E-state index is 0. The molecule has 0 heterocycles. The van der Waals surface area contributed by atoms with Gasteiger partial charge in [-0.05, 0) is 6.92 Å². The summed E-state index contributed by atoms with van der Waals surface area (Å²) < 4.78 is 43.1. The molecule has 0 saturated carbocycles. The van der Waals surface area contributed by atoms with Gasteiger partial charge in [-0.3, -0.25) is 14.1 Å². The van der Waals surface area contributed by atoms with Gasteiger partial charge in [0.15, 0.2) is 5.83 Å². The summed E-state index contributed by atoms with van der Waals surface area (Å²) in [5.74, 6) is -1.99. The van der Waals surface area contributed by atoms with E-state index in [9.17, 15) is 17.6 Å². The van der Waals surface area contributed by atoms with Crippen LogP contribution in [-0.4, -0.2) is 6.67 Å². The second-order valence-corrected chi connectivity index (χ2v) is 1.21. The third-order valence-electron chi connectivity index (χ3n) is 0.322. The summed E-state index contributed by atoms with van der Waals surface area (Å²) >= 11 is 0. The Morgan fingerprint density at radius 3 is 1.38 bits per heavy atom. The van der Waals surface area contributed by atoms with Crippen LogP contribution in [0.25, 0.3) is 0 Å². The molecule has 84 valence electrons. The first-order chi connectivity index (χ1) is 4.59. The van der Waals surface area contributed by atoms with Gasteiger partial charge >= 0.3 is 6.08 Å². The Balaban J connectivity index is -0.0000000320. The normalized spacial score (nSPS) is 5.62. The van der Waals surface area contributed by atoms with E-state index in [1.165, 1.54) is 0 Å². The topological polar surface area (TPSA) is 0 Å². The molecule has 0 saturated heterocycles. The Hall–Kier alpha value is -1.01. The van der Waals surface area contributed by atoms with Crippen molar-refractivity contribution in [3.05, 3.63) is 24.6 Å². The summed E-state index contributed by atoms with van der Waals surface area (Å²) in [4.78, 5) is 0.